The first-order valence-electron chi connectivity index (χ1n) is 7.40. The van der Waals surface area contributed by atoms with Crippen molar-refractivity contribution < 1.29 is 9.59 Å². The first-order chi connectivity index (χ1) is 11.8. The normalized spacial score (nSPS) is 10.6. The zero-order valence-electron chi connectivity index (χ0n) is 13.2. The summed E-state index contributed by atoms with van der Waals surface area (Å²) in [5.41, 5.74) is 0.645. The lowest BCUT2D eigenvalue weighted by molar-refractivity contribution is -0.116. The summed E-state index contributed by atoms with van der Waals surface area (Å²) in [6.07, 6.45) is 0.683. The molecule has 0 unspecified atom stereocenters. The maximum Gasteiger partial charge on any atom is 0.270 e. The number of nitrogens with zero attached hydrogens (tertiary/aromatic N) is 1. The van der Waals surface area contributed by atoms with E-state index in [1.807, 2.05) is 6.92 Å². The van der Waals surface area contributed by atoms with Gasteiger partial charge in [-0.1, -0.05) is 53.3 Å². The second-order valence-electron chi connectivity index (χ2n) is 5.24. The molecule has 0 atom stereocenters. The molecule has 1 aromatic carbocycles. The van der Waals surface area contributed by atoms with Crippen molar-refractivity contribution in [2.24, 2.45) is 0 Å². The number of carbonyl (C=O) groups excluding carboxylic acids is 2. The monoisotopic (exact) mass is 421 g/mol. The highest BCUT2D eigenvalue weighted by Crippen LogP contribution is 2.25. The molecule has 0 saturated carbocycles. The third kappa shape index (κ3) is 5.28. The van der Waals surface area contributed by atoms with E-state index in [-0.39, 0.29) is 34.2 Å². The Kier molecular flexibility index (Phi) is 7.02. The van der Waals surface area contributed by atoms with E-state index in [0.29, 0.717) is 28.7 Å². The molecule has 5 nitrogen and oxygen atoms in total. The van der Waals surface area contributed by atoms with Gasteiger partial charge in [0.05, 0.1) is 15.7 Å². The highest BCUT2D eigenvalue weighted by atomic mass is 35.5. The Morgan fingerprint density at radius 2 is 1.84 bits per heavy atom. The minimum absolute atomic E-state index is 0.139. The van der Waals surface area contributed by atoms with Gasteiger partial charge in [0.15, 0.2) is 0 Å². The van der Waals surface area contributed by atoms with Gasteiger partial charge in [0.25, 0.3) is 5.91 Å². The summed E-state index contributed by atoms with van der Waals surface area (Å²) in [6.45, 7) is 2.16. The molecule has 0 aliphatic carbocycles. The van der Waals surface area contributed by atoms with E-state index in [1.165, 1.54) is 17.0 Å². The van der Waals surface area contributed by atoms with E-state index >= 15 is 0 Å². The number of aromatic amines is 1. The zero-order valence-corrected chi connectivity index (χ0v) is 16.2. The van der Waals surface area contributed by atoms with Gasteiger partial charge in [-0.15, -0.1) is 0 Å². The Morgan fingerprint density at radius 3 is 2.40 bits per heavy atom. The van der Waals surface area contributed by atoms with Crippen LogP contribution in [0.1, 0.15) is 23.8 Å². The predicted molar refractivity (Wildman–Crippen MR) is 102 cm³/mol. The van der Waals surface area contributed by atoms with Crippen molar-refractivity contribution in [3.8, 4) is 0 Å². The lowest BCUT2D eigenvalue weighted by Crippen LogP contribution is -2.38. The molecule has 0 fully saturated rings. The van der Waals surface area contributed by atoms with Crippen LogP contribution in [-0.4, -0.2) is 34.8 Å². The summed E-state index contributed by atoms with van der Waals surface area (Å²) >= 11 is 23.6. The van der Waals surface area contributed by atoms with Crippen LogP contribution in [0.4, 0.5) is 5.69 Å². The van der Waals surface area contributed by atoms with E-state index in [9.17, 15) is 9.59 Å². The van der Waals surface area contributed by atoms with Gasteiger partial charge < -0.3 is 15.2 Å². The third-order valence-electron chi connectivity index (χ3n) is 3.28. The number of amides is 2. The van der Waals surface area contributed by atoms with E-state index < -0.39 is 0 Å². The number of carbonyl (C=O) groups is 2. The highest BCUT2D eigenvalue weighted by Gasteiger charge is 2.21. The molecule has 0 aliphatic heterocycles. The number of rotatable bonds is 6. The lowest BCUT2D eigenvalue weighted by Gasteiger charge is -2.21. The summed E-state index contributed by atoms with van der Waals surface area (Å²) < 4.78 is 0. The van der Waals surface area contributed by atoms with Crippen LogP contribution < -0.4 is 5.32 Å². The van der Waals surface area contributed by atoms with Crippen molar-refractivity contribution in [1.82, 2.24) is 9.88 Å². The van der Waals surface area contributed by atoms with E-state index in [1.54, 1.807) is 12.1 Å². The molecule has 2 aromatic rings. The molecular formula is C16H15Cl4N3O2. The van der Waals surface area contributed by atoms with Gasteiger partial charge in [-0.3, -0.25) is 9.59 Å². The molecule has 1 aromatic heterocycles. The van der Waals surface area contributed by atoms with Crippen LogP contribution in [-0.2, 0) is 4.79 Å². The van der Waals surface area contributed by atoms with Crippen LogP contribution >= 0.6 is 46.4 Å². The fourth-order valence-corrected chi connectivity index (χ4v) is 2.93. The van der Waals surface area contributed by atoms with Crippen molar-refractivity contribution in [3.05, 3.63) is 50.2 Å². The fourth-order valence-electron chi connectivity index (χ4n) is 2.17. The number of halogens is 4. The average molecular weight is 423 g/mol. The van der Waals surface area contributed by atoms with Crippen LogP contribution in [0.5, 0.6) is 0 Å². The highest BCUT2D eigenvalue weighted by molar-refractivity contribution is 6.41. The summed E-state index contributed by atoms with van der Waals surface area (Å²) in [5.74, 6) is -0.747. The van der Waals surface area contributed by atoms with Crippen molar-refractivity contribution in [3.63, 3.8) is 0 Å². The number of hydrogen-bond acceptors (Lipinski definition) is 2. The van der Waals surface area contributed by atoms with Crippen molar-refractivity contribution in [2.75, 3.05) is 18.4 Å². The predicted octanol–water partition coefficient (Wildman–Crippen LogP) is 5.12. The minimum Gasteiger partial charge on any atom is -0.340 e. The van der Waals surface area contributed by atoms with Gasteiger partial charge in [0, 0.05) is 11.6 Å². The van der Waals surface area contributed by atoms with Crippen molar-refractivity contribution >= 4 is 63.9 Å². The first-order valence-corrected chi connectivity index (χ1v) is 8.91. The average Bonchev–Trinajstić information content (AvgIpc) is 2.88. The van der Waals surface area contributed by atoms with Gasteiger partial charge in [0.1, 0.15) is 17.4 Å². The Hall–Kier alpha value is -1.40. The van der Waals surface area contributed by atoms with Crippen LogP contribution in [0.3, 0.4) is 0 Å². The van der Waals surface area contributed by atoms with Gasteiger partial charge in [-0.25, -0.2) is 0 Å². The van der Waals surface area contributed by atoms with Crippen LogP contribution in [0, 0.1) is 0 Å². The van der Waals surface area contributed by atoms with E-state index in [4.69, 9.17) is 46.4 Å². The Morgan fingerprint density at radius 1 is 1.12 bits per heavy atom. The smallest absolute Gasteiger partial charge is 0.270 e. The van der Waals surface area contributed by atoms with E-state index in [0.717, 1.165) is 0 Å². The Labute approximate surface area is 165 Å². The summed E-state index contributed by atoms with van der Waals surface area (Å²) in [6, 6.07) is 6.17. The van der Waals surface area contributed by atoms with Crippen molar-refractivity contribution in [1.29, 1.82) is 0 Å². The molecule has 134 valence electrons. The number of hydrogen-bond donors (Lipinski definition) is 2. The maximum absolute atomic E-state index is 12.6. The molecule has 0 aliphatic rings. The van der Waals surface area contributed by atoms with Gasteiger partial charge in [-0.05, 0) is 30.7 Å². The van der Waals surface area contributed by atoms with Crippen LogP contribution in [0.25, 0.3) is 0 Å². The van der Waals surface area contributed by atoms with Crippen LogP contribution in [0.15, 0.2) is 24.3 Å². The second-order valence-corrected chi connectivity index (χ2v) is 6.87. The van der Waals surface area contributed by atoms with Gasteiger partial charge in [-0.2, -0.15) is 0 Å². The molecular weight excluding hydrogens is 408 g/mol. The Bertz CT molecular complexity index is 772. The number of benzene rings is 1. The summed E-state index contributed by atoms with van der Waals surface area (Å²) in [5, 5.41) is 3.87. The third-order valence-corrected chi connectivity index (χ3v) is 4.52. The zero-order chi connectivity index (χ0) is 18.6. The van der Waals surface area contributed by atoms with Crippen molar-refractivity contribution in [2.45, 2.75) is 13.3 Å². The van der Waals surface area contributed by atoms with Crippen LogP contribution in [0.2, 0.25) is 20.2 Å². The molecule has 2 amide bonds. The fraction of sp³-hybridized carbons (Fsp3) is 0.250. The SMILES string of the molecule is CCCN(CC(=O)Nc1ccc(Cl)cc1Cl)C(=O)c1cc(Cl)c(Cl)[nH]1. The van der Waals surface area contributed by atoms with E-state index in [2.05, 4.69) is 10.3 Å². The molecule has 25 heavy (non-hydrogen) atoms. The molecule has 0 radical (unpaired) electrons. The standard InChI is InChI=1S/C16H15Cl4N3O2/c1-2-5-23(16(25)13-7-11(19)15(20)22-13)8-14(24)21-12-4-3-9(17)6-10(12)18/h3-4,6-7,22H,2,5,8H2,1H3,(H,21,24). The first kappa shape index (κ1) is 19.9. The molecule has 0 saturated heterocycles. The minimum atomic E-state index is -0.380. The quantitative estimate of drug-likeness (QED) is 0.678. The Balaban J connectivity index is 2.09. The molecule has 1 heterocycles. The topological polar surface area (TPSA) is 65.2 Å². The number of H-pyrrole nitrogens is 1. The second kappa shape index (κ2) is 8.81. The number of anilines is 1. The number of aromatic nitrogens is 1. The molecule has 0 bridgehead atoms. The largest absolute Gasteiger partial charge is 0.340 e. The summed E-state index contributed by atoms with van der Waals surface area (Å²) in [4.78, 5) is 28.9. The summed E-state index contributed by atoms with van der Waals surface area (Å²) in [7, 11) is 0. The number of nitrogens with one attached hydrogen (secondary N) is 2. The van der Waals surface area contributed by atoms with Gasteiger partial charge in [0.2, 0.25) is 5.91 Å². The van der Waals surface area contributed by atoms with Gasteiger partial charge >= 0.3 is 0 Å². The maximum atomic E-state index is 12.6. The molecule has 2 rings (SSSR count). The molecule has 0 spiro atoms. The molecule has 2 N–H and O–H groups in total. The molecule has 9 heteroatoms. The lowest BCUT2D eigenvalue weighted by atomic mass is 10.3.